The van der Waals surface area contributed by atoms with E-state index in [-0.39, 0.29) is 0 Å². The highest BCUT2D eigenvalue weighted by atomic mass is 28.4. The van der Waals surface area contributed by atoms with Crippen LogP contribution < -0.4 is 0 Å². The van der Waals surface area contributed by atoms with E-state index >= 15 is 0 Å². The summed E-state index contributed by atoms with van der Waals surface area (Å²) in [6, 6.07) is 0.711. The molecule has 0 aliphatic carbocycles. The fraction of sp³-hybridized carbons (Fsp3) is 0.800. The molecule has 0 atom stereocenters. The van der Waals surface area contributed by atoms with Crippen molar-refractivity contribution in [3.63, 3.8) is 0 Å². The minimum Gasteiger partial charge on any atom is -0.374 e. The molecule has 14 heavy (non-hydrogen) atoms. The van der Waals surface area contributed by atoms with E-state index in [2.05, 4.69) is 6.58 Å². The van der Waals surface area contributed by atoms with E-state index in [0.717, 1.165) is 5.57 Å². The predicted molar refractivity (Wildman–Crippen MR) is 60.3 cm³/mol. The molecule has 0 aliphatic heterocycles. The highest BCUT2D eigenvalue weighted by Crippen LogP contribution is 2.19. The molecule has 0 aromatic heterocycles. The lowest BCUT2D eigenvalue weighted by Crippen LogP contribution is -2.46. The Morgan fingerprint density at radius 2 is 1.36 bits per heavy atom. The van der Waals surface area contributed by atoms with Crippen molar-refractivity contribution in [3.8, 4) is 0 Å². The van der Waals surface area contributed by atoms with Gasteiger partial charge < -0.3 is 13.3 Å². The van der Waals surface area contributed by atoms with E-state index in [1.807, 2.05) is 27.7 Å². The van der Waals surface area contributed by atoms with Crippen molar-refractivity contribution in [2.45, 2.75) is 33.7 Å². The van der Waals surface area contributed by atoms with Crippen LogP contribution in [0.3, 0.4) is 0 Å². The molecule has 3 nitrogen and oxygen atoms in total. The molecule has 0 aliphatic rings. The highest BCUT2D eigenvalue weighted by Gasteiger charge is 2.40. The topological polar surface area (TPSA) is 27.7 Å². The van der Waals surface area contributed by atoms with Crippen LogP contribution >= 0.6 is 0 Å². The molecule has 0 radical (unpaired) electrons. The Kier molecular flexibility index (Phi) is 7.09. The molecule has 0 unspecified atom stereocenters. The van der Waals surface area contributed by atoms with Crippen LogP contribution in [0.5, 0.6) is 0 Å². The van der Waals surface area contributed by atoms with Gasteiger partial charge in [0.25, 0.3) is 0 Å². The zero-order valence-corrected chi connectivity index (χ0v) is 10.8. The maximum Gasteiger partial charge on any atom is 0.505 e. The van der Waals surface area contributed by atoms with Crippen LogP contribution in [0, 0.1) is 0 Å². The smallest absolute Gasteiger partial charge is 0.374 e. The van der Waals surface area contributed by atoms with Crippen molar-refractivity contribution in [3.05, 3.63) is 12.2 Å². The molecule has 0 amide bonds. The second kappa shape index (κ2) is 7.17. The lowest BCUT2D eigenvalue weighted by Gasteiger charge is -2.28. The van der Waals surface area contributed by atoms with Gasteiger partial charge in [0.1, 0.15) is 0 Å². The Balaban J connectivity index is 4.45. The third-order valence-corrected chi connectivity index (χ3v) is 4.83. The molecule has 0 aromatic carbocycles. The van der Waals surface area contributed by atoms with Crippen molar-refractivity contribution in [2.24, 2.45) is 0 Å². The van der Waals surface area contributed by atoms with Gasteiger partial charge in [-0.2, -0.15) is 0 Å². The summed E-state index contributed by atoms with van der Waals surface area (Å²) in [6.45, 7) is 13.6. The van der Waals surface area contributed by atoms with Gasteiger partial charge in [-0.15, -0.1) is 6.58 Å². The third kappa shape index (κ3) is 4.90. The molecular weight excluding hydrogens is 196 g/mol. The highest BCUT2D eigenvalue weighted by molar-refractivity contribution is 6.61. The molecule has 0 rings (SSSR count). The van der Waals surface area contributed by atoms with E-state index in [0.29, 0.717) is 25.9 Å². The summed E-state index contributed by atoms with van der Waals surface area (Å²) >= 11 is 0. The number of allylic oxidation sites excluding steroid dienone is 1. The maximum atomic E-state index is 5.65. The van der Waals surface area contributed by atoms with Crippen LogP contribution in [-0.2, 0) is 13.3 Å². The second-order valence-electron chi connectivity index (χ2n) is 3.12. The largest absolute Gasteiger partial charge is 0.505 e. The SMILES string of the molecule is C=C(C)C[Si](OCC)(OCC)OCC. The normalized spacial score (nSPS) is 11.7. The van der Waals surface area contributed by atoms with Gasteiger partial charge in [0.15, 0.2) is 0 Å². The minimum absolute atomic E-state index is 0.625. The maximum absolute atomic E-state index is 5.65. The minimum atomic E-state index is -2.46. The number of rotatable bonds is 8. The van der Waals surface area contributed by atoms with Crippen LogP contribution in [0.15, 0.2) is 12.2 Å². The van der Waals surface area contributed by atoms with Gasteiger partial charge >= 0.3 is 8.80 Å². The van der Waals surface area contributed by atoms with Gasteiger partial charge in [-0.3, -0.25) is 0 Å². The van der Waals surface area contributed by atoms with E-state index < -0.39 is 8.80 Å². The Morgan fingerprint density at radius 3 is 1.57 bits per heavy atom. The summed E-state index contributed by atoms with van der Waals surface area (Å²) < 4.78 is 17.0. The lowest BCUT2D eigenvalue weighted by atomic mass is 10.4. The van der Waals surface area contributed by atoms with Crippen LogP contribution in [0.2, 0.25) is 6.04 Å². The van der Waals surface area contributed by atoms with Gasteiger partial charge in [0, 0.05) is 25.9 Å². The Bertz CT molecular complexity index is 154. The fourth-order valence-corrected chi connectivity index (χ4v) is 3.92. The molecule has 0 N–H and O–H groups in total. The average molecular weight is 218 g/mol. The van der Waals surface area contributed by atoms with Crippen molar-refractivity contribution < 1.29 is 13.3 Å². The zero-order valence-electron chi connectivity index (χ0n) is 9.76. The molecule has 0 saturated heterocycles. The Morgan fingerprint density at radius 1 is 1.00 bits per heavy atom. The van der Waals surface area contributed by atoms with Crippen LogP contribution in [0.4, 0.5) is 0 Å². The van der Waals surface area contributed by atoms with Gasteiger partial charge in [-0.1, -0.05) is 5.57 Å². The van der Waals surface area contributed by atoms with E-state index in [1.165, 1.54) is 0 Å². The molecule has 0 spiro atoms. The van der Waals surface area contributed by atoms with E-state index in [1.54, 1.807) is 0 Å². The molecule has 0 aromatic rings. The van der Waals surface area contributed by atoms with E-state index in [9.17, 15) is 0 Å². The Hall–Kier alpha value is -0.163. The molecule has 0 saturated carbocycles. The summed E-state index contributed by atoms with van der Waals surface area (Å²) in [4.78, 5) is 0. The van der Waals surface area contributed by atoms with Gasteiger partial charge in [-0.05, 0) is 27.7 Å². The lowest BCUT2D eigenvalue weighted by molar-refractivity contribution is 0.0736. The monoisotopic (exact) mass is 218 g/mol. The summed E-state index contributed by atoms with van der Waals surface area (Å²) in [6.07, 6.45) is 0. The summed E-state index contributed by atoms with van der Waals surface area (Å²) in [5.74, 6) is 0. The van der Waals surface area contributed by atoms with E-state index in [4.69, 9.17) is 13.3 Å². The fourth-order valence-electron chi connectivity index (χ4n) is 1.31. The first-order valence-electron chi connectivity index (χ1n) is 5.16. The average Bonchev–Trinajstić information content (AvgIpc) is 2.03. The summed E-state index contributed by atoms with van der Waals surface area (Å²) in [5.41, 5.74) is 1.05. The molecule has 4 heteroatoms. The van der Waals surface area contributed by atoms with Gasteiger partial charge in [-0.25, -0.2) is 0 Å². The van der Waals surface area contributed by atoms with Crippen molar-refractivity contribution in [2.75, 3.05) is 19.8 Å². The predicted octanol–water partition coefficient (Wildman–Crippen LogP) is 2.61. The quantitative estimate of drug-likeness (QED) is 0.463. The van der Waals surface area contributed by atoms with Crippen LogP contribution in [-0.4, -0.2) is 28.6 Å². The third-order valence-electron chi connectivity index (χ3n) is 1.61. The van der Waals surface area contributed by atoms with Crippen LogP contribution in [0.1, 0.15) is 27.7 Å². The van der Waals surface area contributed by atoms with Gasteiger partial charge in [0.05, 0.1) is 0 Å². The first-order valence-corrected chi connectivity index (χ1v) is 7.09. The van der Waals surface area contributed by atoms with Crippen molar-refractivity contribution in [1.29, 1.82) is 0 Å². The molecule has 0 heterocycles. The number of hydrogen-bond acceptors (Lipinski definition) is 3. The van der Waals surface area contributed by atoms with Crippen molar-refractivity contribution >= 4 is 8.80 Å². The number of hydrogen-bond donors (Lipinski definition) is 0. The first kappa shape index (κ1) is 13.8. The Labute approximate surface area is 88.4 Å². The standard InChI is InChI=1S/C10H22O3Si/c1-6-11-14(12-7-2,13-8-3)9-10(4)5/h4,6-9H2,1-3,5H3. The molecular formula is C10H22O3Si. The van der Waals surface area contributed by atoms with Crippen LogP contribution in [0.25, 0.3) is 0 Å². The summed E-state index contributed by atoms with van der Waals surface area (Å²) in [5, 5.41) is 0. The summed E-state index contributed by atoms with van der Waals surface area (Å²) in [7, 11) is -2.46. The van der Waals surface area contributed by atoms with Gasteiger partial charge in [0.2, 0.25) is 0 Å². The molecule has 84 valence electrons. The zero-order chi connectivity index (χ0) is 11.0. The van der Waals surface area contributed by atoms with Crippen molar-refractivity contribution in [1.82, 2.24) is 0 Å². The molecule has 0 bridgehead atoms. The molecule has 0 fully saturated rings. The first-order chi connectivity index (χ1) is 6.60. The second-order valence-corrected chi connectivity index (χ2v) is 5.70.